The van der Waals surface area contributed by atoms with Crippen LogP contribution in [0.25, 0.3) is 10.1 Å². The predicted octanol–water partition coefficient (Wildman–Crippen LogP) is 5.42. The van der Waals surface area contributed by atoms with Crippen molar-refractivity contribution in [1.82, 2.24) is 9.80 Å². The van der Waals surface area contributed by atoms with E-state index in [-0.39, 0.29) is 0 Å². The summed E-state index contributed by atoms with van der Waals surface area (Å²) in [6, 6.07) is 14.9. The lowest BCUT2D eigenvalue weighted by atomic mass is 9.72. The third kappa shape index (κ3) is 3.67. The van der Waals surface area contributed by atoms with Crippen LogP contribution in [0.3, 0.4) is 0 Å². The van der Waals surface area contributed by atoms with Crippen LogP contribution in [-0.2, 0) is 11.4 Å². The van der Waals surface area contributed by atoms with Gasteiger partial charge in [0, 0.05) is 53.4 Å². The van der Waals surface area contributed by atoms with E-state index >= 15 is 0 Å². The molecule has 6 nitrogen and oxygen atoms in total. The molecule has 6 rings (SSSR count). The minimum Gasteiger partial charge on any atom is -0.497 e. The molecular weight excluding hydrogens is 458 g/mol. The third-order valence-electron chi connectivity index (χ3n) is 8.05. The molecule has 5 unspecified atom stereocenters. The van der Waals surface area contributed by atoms with Crippen molar-refractivity contribution in [3.63, 3.8) is 0 Å². The largest absolute Gasteiger partial charge is 0.497 e. The molecule has 2 saturated heterocycles. The topological polar surface area (TPSA) is 46.5 Å². The van der Waals surface area contributed by atoms with Crippen molar-refractivity contribution in [2.24, 2.45) is 22.9 Å². The molecular formula is C28H33N3O3S. The number of piperidine rings is 2. The van der Waals surface area contributed by atoms with Crippen molar-refractivity contribution in [3.05, 3.63) is 59.0 Å². The Kier molecular flexibility index (Phi) is 5.65. The fourth-order valence-corrected chi connectivity index (χ4v) is 7.30. The van der Waals surface area contributed by atoms with Gasteiger partial charge in [0.1, 0.15) is 11.5 Å². The first-order valence-corrected chi connectivity index (χ1v) is 13.3. The summed E-state index contributed by atoms with van der Waals surface area (Å²) in [5, 5.41) is 8.21. The van der Waals surface area contributed by atoms with E-state index in [0.717, 1.165) is 48.0 Å². The highest BCUT2D eigenvalue weighted by Crippen LogP contribution is 2.49. The van der Waals surface area contributed by atoms with E-state index < -0.39 is 5.72 Å². The van der Waals surface area contributed by atoms with Gasteiger partial charge in [0.25, 0.3) is 0 Å². The van der Waals surface area contributed by atoms with Crippen LogP contribution in [0.2, 0.25) is 0 Å². The normalized spacial score (nSPS) is 29.8. The number of hydrogen-bond acceptors (Lipinski definition) is 7. The van der Waals surface area contributed by atoms with Gasteiger partial charge in [0.15, 0.2) is 5.84 Å². The first-order valence-electron chi connectivity index (χ1n) is 12.5. The van der Waals surface area contributed by atoms with E-state index in [1.807, 2.05) is 12.1 Å². The van der Waals surface area contributed by atoms with Gasteiger partial charge < -0.3 is 24.1 Å². The molecule has 3 aromatic rings. The molecule has 2 fully saturated rings. The number of hydrogen-bond donors (Lipinski definition) is 0. The predicted molar refractivity (Wildman–Crippen MR) is 140 cm³/mol. The molecule has 5 atom stereocenters. The van der Waals surface area contributed by atoms with E-state index in [1.165, 1.54) is 16.6 Å². The summed E-state index contributed by atoms with van der Waals surface area (Å²) >= 11 is 1.77. The van der Waals surface area contributed by atoms with Gasteiger partial charge in [-0.05, 0) is 59.5 Å². The lowest BCUT2D eigenvalue weighted by molar-refractivity contribution is -0.218. The maximum Gasteiger partial charge on any atom is 0.219 e. The quantitative estimate of drug-likeness (QED) is 0.477. The lowest BCUT2D eigenvalue weighted by Gasteiger charge is -2.55. The zero-order valence-corrected chi connectivity index (χ0v) is 21.7. The number of nitrogens with zero attached hydrogens (tertiary/aromatic N) is 3. The van der Waals surface area contributed by atoms with E-state index in [2.05, 4.69) is 59.4 Å². The smallest absolute Gasteiger partial charge is 0.219 e. The molecule has 0 amide bonds. The van der Waals surface area contributed by atoms with Gasteiger partial charge >= 0.3 is 0 Å². The number of oxime groups is 1. The highest BCUT2D eigenvalue weighted by molar-refractivity contribution is 7.17. The van der Waals surface area contributed by atoms with E-state index in [9.17, 15) is 0 Å². The maximum absolute atomic E-state index is 6.62. The fourth-order valence-electron chi connectivity index (χ4n) is 6.53. The van der Waals surface area contributed by atoms with E-state index in [0.29, 0.717) is 24.3 Å². The van der Waals surface area contributed by atoms with Gasteiger partial charge in [0.2, 0.25) is 5.72 Å². The Labute approximate surface area is 211 Å². The molecule has 7 heteroatoms. The lowest BCUT2D eigenvalue weighted by Crippen LogP contribution is -2.67. The Morgan fingerprint density at radius 2 is 1.94 bits per heavy atom. The van der Waals surface area contributed by atoms with Crippen molar-refractivity contribution in [2.45, 2.75) is 32.5 Å². The van der Waals surface area contributed by atoms with E-state index in [1.54, 1.807) is 25.6 Å². The van der Waals surface area contributed by atoms with Crippen LogP contribution < -0.4 is 9.47 Å². The van der Waals surface area contributed by atoms with Gasteiger partial charge in [-0.2, -0.15) is 0 Å². The van der Waals surface area contributed by atoms with Crippen molar-refractivity contribution in [1.29, 1.82) is 0 Å². The molecule has 3 aliphatic rings. The first kappa shape index (κ1) is 22.7. The van der Waals surface area contributed by atoms with Gasteiger partial charge in [-0.1, -0.05) is 19.0 Å². The maximum atomic E-state index is 6.62. The molecule has 2 aromatic carbocycles. The molecule has 184 valence electrons. The minimum absolute atomic E-state index is 0.309. The number of thiophene rings is 1. The molecule has 35 heavy (non-hydrogen) atoms. The molecule has 2 bridgehead atoms. The first-order chi connectivity index (χ1) is 17.0. The average Bonchev–Trinajstić information content (AvgIpc) is 3.48. The Morgan fingerprint density at radius 1 is 1.06 bits per heavy atom. The van der Waals surface area contributed by atoms with Gasteiger partial charge in [-0.15, -0.1) is 11.3 Å². The van der Waals surface area contributed by atoms with Crippen molar-refractivity contribution < 1.29 is 14.3 Å². The van der Waals surface area contributed by atoms with E-state index in [4.69, 9.17) is 19.5 Å². The second-order valence-electron chi connectivity index (χ2n) is 10.4. The van der Waals surface area contributed by atoms with Gasteiger partial charge in [0.05, 0.1) is 20.8 Å². The number of amidine groups is 1. The van der Waals surface area contributed by atoms with Gasteiger partial charge in [-0.3, -0.25) is 0 Å². The average molecular weight is 492 g/mol. The molecule has 0 aliphatic carbocycles. The van der Waals surface area contributed by atoms with Crippen molar-refractivity contribution in [2.75, 3.05) is 33.9 Å². The summed E-state index contributed by atoms with van der Waals surface area (Å²) in [7, 11) is 3.40. The minimum atomic E-state index is -0.477. The Balaban J connectivity index is 1.45. The Hall–Kier alpha value is -2.77. The summed E-state index contributed by atoms with van der Waals surface area (Å²) in [4.78, 5) is 11.7. The van der Waals surface area contributed by atoms with Crippen LogP contribution in [0.5, 0.6) is 11.5 Å². The zero-order chi connectivity index (χ0) is 24.2. The summed E-state index contributed by atoms with van der Waals surface area (Å²) in [6.45, 7) is 8.59. The molecule has 3 aliphatic heterocycles. The number of benzene rings is 2. The number of methoxy groups -OCH3 is 2. The van der Waals surface area contributed by atoms with Crippen LogP contribution in [0.15, 0.2) is 53.0 Å². The van der Waals surface area contributed by atoms with Crippen LogP contribution in [0.1, 0.15) is 31.4 Å². The molecule has 0 saturated carbocycles. The molecule has 1 aromatic heterocycles. The van der Waals surface area contributed by atoms with Crippen LogP contribution >= 0.6 is 11.3 Å². The fraction of sp³-hybridized carbons (Fsp3) is 0.464. The Morgan fingerprint density at radius 3 is 2.77 bits per heavy atom. The Bertz CT molecular complexity index is 1270. The van der Waals surface area contributed by atoms with Crippen molar-refractivity contribution >= 4 is 27.3 Å². The molecule has 1 spiro atoms. The number of fused-ring (bicyclic) bond motifs is 4. The van der Waals surface area contributed by atoms with Crippen LogP contribution in [-0.4, -0.2) is 55.2 Å². The second kappa shape index (κ2) is 8.71. The number of ether oxygens (including phenoxy) is 2. The zero-order valence-electron chi connectivity index (χ0n) is 20.9. The molecule has 4 heterocycles. The van der Waals surface area contributed by atoms with Crippen molar-refractivity contribution in [3.8, 4) is 11.5 Å². The second-order valence-corrected chi connectivity index (χ2v) is 11.3. The summed E-state index contributed by atoms with van der Waals surface area (Å²) < 4.78 is 12.5. The van der Waals surface area contributed by atoms with Crippen LogP contribution in [0.4, 0.5) is 0 Å². The highest BCUT2D eigenvalue weighted by atomic mass is 32.1. The highest BCUT2D eigenvalue weighted by Gasteiger charge is 2.60. The monoisotopic (exact) mass is 491 g/mol. The summed E-state index contributed by atoms with van der Waals surface area (Å²) in [5.74, 6) is 3.85. The summed E-state index contributed by atoms with van der Waals surface area (Å²) in [5.41, 5.74) is 1.72. The summed E-state index contributed by atoms with van der Waals surface area (Å²) in [6.07, 6.45) is 1.14. The third-order valence-corrected chi connectivity index (χ3v) is 8.95. The number of rotatable bonds is 5. The SMILES string of the molecule is COc1ccc(CN2C(c3ccc4sccc4c3)=NOC23C(C)CN2CC(C)CC3C2)c(OC)c1. The molecule has 0 N–H and O–H groups in total. The molecule has 0 radical (unpaired) electrons. The van der Waals surface area contributed by atoms with Gasteiger partial charge in [-0.25, -0.2) is 0 Å². The standard InChI is InChI=1S/C28H33N3O3S/c1-18-11-23-17-30(14-18)15-19(2)28(23)31(16-22-5-7-24(32-3)13-25(22)33-4)27(29-34-28)21-6-8-26-20(12-21)9-10-35-26/h5-10,12-13,18-19,23H,11,14-17H2,1-4H3. The van der Waals surface area contributed by atoms with Crippen LogP contribution in [0, 0.1) is 17.8 Å².